The van der Waals surface area contributed by atoms with Crippen molar-refractivity contribution in [1.82, 2.24) is 10.1 Å². The van der Waals surface area contributed by atoms with Crippen molar-refractivity contribution in [2.75, 3.05) is 0 Å². The van der Waals surface area contributed by atoms with Crippen LogP contribution in [0.2, 0.25) is 0 Å². The summed E-state index contributed by atoms with van der Waals surface area (Å²) in [6.45, 7) is 0. The Kier molecular flexibility index (Phi) is 3.15. The zero-order valence-electron chi connectivity index (χ0n) is 9.20. The molecule has 1 atom stereocenters. The highest BCUT2D eigenvalue weighted by Gasteiger charge is 2.37. The molecule has 9 heteroatoms. The lowest BCUT2D eigenvalue weighted by Gasteiger charge is -2.19. The maximum absolute atomic E-state index is 11.2. The van der Waals surface area contributed by atoms with Crippen LogP contribution in [0, 0.1) is 0 Å². The average Bonchev–Trinajstić information content (AvgIpc) is 2.79. The highest BCUT2D eigenvalue weighted by atomic mass is 16.9. The van der Waals surface area contributed by atoms with Crippen molar-refractivity contribution in [2.45, 2.75) is 31.9 Å². The van der Waals surface area contributed by atoms with E-state index in [2.05, 4.69) is 9.68 Å². The molecule has 2 heterocycles. The smallest absolute Gasteiger partial charge is 0.370 e. The average molecular weight is 258 g/mol. The number of aliphatic hydroxyl groups excluding tert-OH is 1. The van der Waals surface area contributed by atoms with Crippen LogP contribution in [0.1, 0.15) is 25.7 Å². The van der Waals surface area contributed by atoms with E-state index in [1.165, 1.54) is 0 Å². The van der Waals surface area contributed by atoms with Crippen molar-refractivity contribution < 1.29 is 34.0 Å². The highest BCUT2D eigenvalue weighted by molar-refractivity contribution is 6.01. The molecule has 0 aromatic rings. The quantitative estimate of drug-likeness (QED) is 0.636. The number of imide groups is 1. The monoisotopic (exact) mass is 258 g/mol. The number of nitrogens with zero attached hydrogens (tertiary/aromatic N) is 2. The fraction of sp³-hybridized carbons (Fsp3) is 0.556. The number of rotatable bonds is 2. The lowest BCUT2D eigenvalue weighted by molar-refractivity contribution is -0.218. The van der Waals surface area contributed by atoms with Crippen molar-refractivity contribution in [3.05, 3.63) is 0 Å². The minimum absolute atomic E-state index is 0.0377. The topological polar surface area (TPSA) is 113 Å². The van der Waals surface area contributed by atoms with Crippen LogP contribution in [0.5, 0.6) is 0 Å². The molecule has 0 aromatic carbocycles. The Morgan fingerprint density at radius 1 is 1.06 bits per heavy atom. The number of hydroxylamine groups is 4. The molecule has 2 saturated heterocycles. The molecule has 0 spiro atoms. The summed E-state index contributed by atoms with van der Waals surface area (Å²) in [5.74, 6) is -1.91. The standard InChI is InChI=1S/C9H10N2O7/c12-5-1-2-6(13)10(5)17-9(16)18-11-7(14)3-4-8(11)15/h5,12H,1-4H2. The maximum Gasteiger partial charge on any atom is 0.559 e. The van der Waals surface area contributed by atoms with E-state index in [9.17, 15) is 24.3 Å². The molecule has 0 aliphatic carbocycles. The van der Waals surface area contributed by atoms with Gasteiger partial charge in [0.2, 0.25) is 0 Å². The van der Waals surface area contributed by atoms with Crippen molar-refractivity contribution >= 4 is 23.9 Å². The molecule has 2 aliphatic heterocycles. The molecule has 3 amide bonds. The predicted molar refractivity (Wildman–Crippen MR) is 50.7 cm³/mol. The van der Waals surface area contributed by atoms with Gasteiger partial charge in [-0.05, 0) is 0 Å². The number of carbonyl (C=O) groups is 4. The van der Waals surface area contributed by atoms with Crippen LogP contribution in [0.4, 0.5) is 4.79 Å². The van der Waals surface area contributed by atoms with Gasteiger partial charge < -0.3 is 5.11 Å². The van der Waals surface area contributed by atoms with E-state index in [1.54, 1.807) is 0 Å². The molecule has 0 saturated carbocycles. The number of carbonyl (C=O) groups excluding carboxylic acids is 4. The second-order valence-corrected chi connectivity index (χ2v) is 3.75. The van der Waals surface area contributed by atoms with Crippen LogP contribution in [0.25, 0.3) is 0 Å². The first-order valence-electron chi connectivity index (χ1n) is 5.25. The Hall–Kier alpha value is -2.16. The van der Waals surface area contributed by atoms with E-state index in [4.69, 9.17) is 0 Å². The number of aliphatic hydroxyl groups is 1. The van der Waals surface area contributed by atoms with E-state index < -0.39 is 30.1 Å². The summed E-state index contributed by atoms with van der Waals surface area (Å²) in [6.07, 6.45) is -2.58. The summed E-state index contributed by atoms with van der Waals surface area (Å²) in [6, 6.07) is 0. The van der Waals surface area contributed by atoms with Crippen LogP contribution >= 0.6 is 0 Å². The van der Waals surface area contributed by atoms with Crippen molar-refractivity contribution in [3.8, 4) is 0 Å². The van der Waals surface area contributed by atoms with Gasteiger partial charge in [0.1, 0.15) is 0 Å². The minimum atomic E-state index is -1.42. The van der Waals surface area contributed by atoms with Gasteiger partial charge in [0.05, 0.1) is 0 Å². The van der Waals surface area contributed by atoms with Crippen LogP contribution < -0.4 is 0 Å². The molecule has 0 bridgehead atoms. The second kappa shape index (κ2) is 4.61. The first kappa shape index (κ1) is 12.3. The van der Waals surface area contributed by atoms with Crippen molar-refractivity contribution in [3.63, 3.8) is 0 Å². The van der Waals surface area contributed by atoms with Crippen LogP contribution in [0.3, 0.4) is 0 Å². The van der Waals surface area contributed by atoms with Crippen molar-refractivity contribution in [2.24, 2.45) is 0 Å². The minimum Gasteiger partial charge on any atom is -0.370 e. The molecule has 2 rings (SSSR count). The summed E-state index contributed by atoms with van der Waals surface area (Å²) in [4.78, 5) is 53.5. The highest BCUT2D eigenvalue weighted by Crippen LogP contribution is 2.18. The Morgan fingerprint density at radius 2 is 1.67 bits per heavy atom. The van der Waals surface area contributed by atoms with Crippen LogP contribution in [0.15, 0.2) is 0 Å². The van der Waals surface area contributed by atoms with Gasteiger partial charge in [-0.25, -0.2) is 0 Å². The van der Waals surface area contributed by atoms with Crippen molar-refractivity contribution in [1.29, 1.82) is 0 Å². The number of hydrogen-bond donors (Lipinski definition) is 1. The first-order valence-corrected chi connectivity index (χ1v) is 5.25. The van der Waals surface area contributed by atoms with E-state index in [-0.39, 0.29) is 30.7 Å². The molecule has 0 radical (unpaired) electrons. The number of amides is 3. The normalized spacial score (nSPS) is 23.8. The summed E-state index contributed by atoms with van der Waals surface area (Å²) < 4.78 is 0. The van der Waals surface area contributed by atoms with Gasteiger partial charge in [0.25, 0.3) is 17.7 Å². The summed E-state index contributed by atoms with van der Waals surface area (Å²) in [7, 11) is 0. The maximum atomic E-state index is 11.2. The molecule has 18 heavy (non-hydrogen) atoms. The second-order valence-electron chi connectivity index (χ2n) is 3.75. The predicted octanol–water partition coefficient (Wildman–Crippen LogP) is -0.941. The van der Waals surface area contributed by atoms with Gasteiger partial charge in [-0.3, -0.25) is 24.1 Å². The van der Waals surface area contributed by atoms with Gasteiger partial charge in [-0.2, -0.15) is 4.79 Å². The molecule has 9 nitrogen and oxygen atoms in total. The molecule has 1 N–H and O–H groups in total. The summed E-state index contributed by atoms with van der Waals surface area (Å²) >= 11 is 0. The Balaban J connectivity index is 1.91. The molecular weight excluding hydrogens is 248 g/mol. The summed E-state index contributed by atoms with van der Waals surface area (Å²) in [5, 5.41) is 10.0. The van der Waals surface area contributed by atoms with Gasteiger partial charge in [0, 0.05) is 25.7 Å². The van der Waals surface area contributed by atoms with Gasteiger partial charge >= 0.3 is 6.16 Å². The summed E-state index contributed by atoms with van der Waals surface area (Å²) in [5.41, 5.74) is 0. The molecule has 2 aliphatic rings. The van der Waals surface area contributed by atoms with Gasteiger partial charge in [-0.1, -0.05) is 5.06 Å². The third-order valence-electron chi connectivity index (χ3n) is 2.48. The van der Waals surface area contributed by atoms with Gasteiger partial charge in [-0.15, -0.1) is 5.06 Å². The Labute approximate surface area is 101 Å². The Morgan fingerprint density at radius 3 is 2.17 bits per heavy atom. The first-order chi connectivity index (χ1) is 8.49. The van der Waals surface area contributed by atoms with E-state index in [0.29, 0.717) is 5.06 Å². The zero-order valence-corrected chi connectivity index (χ0v) is 9.20. The van der Waals surface area contributed by atoms with Gasteiger partial charge in [0.15, 0.2) is 6.23 Å². The van der Waals surface area contributed by atoms with E-state index >= 15 is 0 Å². The van der Waals surface area contributed by atoms with Crippen LogP contribution in [-0.2, 0) is 24.1 Å². The zero-order chi connectivity index (χ0) is 13.3. The fourth-order valence-electron chi connectivity index (χ4n) is 1.59. The van der Waals surface area contributed by atoms with E-state index in [0.717, 1.165) is 0 Å². The fourth-order valence-corrected chi connectivity index (χ4v) is 1.59. The third kappa shape index (κ3) is 2.25. The lowest BCUT2D eigenvalue weighted by Crippen LogP contribution is -2.39. The molecular formula is C9H10N2O7. The van der Waals surface area contributed by atoms with Crippen LogP contribution in [-0.4, -0.2) is 45.3 Å². The Bertz CT molecular complexity index is 405. The lowest BCUT2D eigenvalue weighted by atomic mass is 10.4. The SMILES string of the molecule is O=C(ON1C(=O)CCC1=O)ON1C(=O)CCC1O. The largest absolute Gasteiger partial charge is 0.559 e. The third-order valence-corrected chi connectivity index (χ3v) is 2.48. The van der Waals surface area contributed by atoms with E-state index in [1.807, 2.05) is 0 Å². The molecule has 98 valence electrons. The molecule has 1 unspecified atom stereocenters. The number of hydrogen-bond acceptors (Lipinski definition) is 7. The molecule has 2 fully saturated rings. The molecule has 0 aromatic heterocycles.